The van der Waals surface area contributed by atoms with Crippen molar-refractivity contribution in [2.45, 2.75) is 6.92 Å². The minimum absolute atomic E-state index is 0.398. The van der Waals surface area contributed by atoms with Crippen molar-refractivity contribution >= 4 is 0 Å². The number of nitrogens with zero attached hydrogens (tertiary/aromatic N) is 3. The van der Waals surface area contributed by atoms with E-state index in [9.17, 15) is 0 Å². The van der Waals surface area contributed by atoms with Crippen molar-refractivity contribution in [3.63, 3.8) is 0 Å². The monoisotopic (exact) mass is 251 g/mol. The van der Waals surface area contributed by atoms with Crippen LogP contribution in [0, 0.1) is 18.3 Å². The fourth-order valence-corrected chi connectivity index (χ4v) is 1.72. The number of aromatic nitrogens is 2. The van der Waals surface area contributed by atoms with Gasteiger partial charge in [-0.15, -0.1) is 0 Å². The van der Waals surface area contributed by atoms with Gasteiger partial charge in [-0.1, -0.05) is 5.16 Å². The Bertz CT molecular complexity index is 748. The highest BCUT2D eigenvalue weighted by atomic mass is 16.5. The molecule has 0 saturated carbocycles. The van der Waals surface area contributed by atoms with Gasteiger partial charge in [0.05, 0.1) is 17.9 Å². The first-order chi connectivity index (χ1) is 9.28. The fraction of sp³-hybridized carbons (Fsp3) is 0.0714. The van der Waals surface area contributed by atoms with Crippen LogP contribution in [0.2, 0.25) is 0 Å². The second kappa shape index (κ2) is 4.42. The molecule has 1 aromatic carbocycles. The van der Waals surface area contributed by atoms with Gasteiger partial charge in [-0.2, -0.15) is 10.2 Å². The predicted molar refractivity (Wildman–Crippen MR) is 66.9 cm³/mol. The third-order valence-corrected chi connectivity index (χ3v) is 2.75. The lowest BCUT2D eigenvalue weighted by Gasteiger charge is -1.93. The smallest absolute Gasteiger partial charge is 0.258 e. The third-order valence-electron chi connectivity index (χ3n) is 2.75. The Balaban J connectivity index is 1.97. The van der Waals surface area contributed by atoms with Crippen LogP contribution in [0.1, 0.15) is 11.1 Å². The molecule has 0 aliphatic carbocycles. The SMILES string of the molecule is Cc1ccoc1-c1noc(-c2ccc(C#N)cc2)n1. The van der Waals surface area contributed by atoms with E-state index in [-0.39, 0.29) is 0 Å². The maximum atomic E-state index is 8.74. The first-order valence-electron chi connectivity index (χ1n) is 5.66. The molecule has 0 fully saturated rings. The number of rotatable bonds is 2. The maximum absolute atomic E-state index is 8.74. The second-order valence-corrected chi connectivity index (χ2v) is 4.05. The number of nitriles is 1. The van der Waals surface area contributed by atoms with Crippen LogP contribution in [0.25, 0.3) is 23.0 Å². The number of hydrogen-bond donors (Lipinski definition) is 0. The van der Waals surface area contributed by atoms with Crippen molar-refractivity contribution in [1.29, 1.82) is 5.26 Å². The van der Waals surface area contributed by atoms with E-state index < -0.39 is 0 Å². The molecule has 0 atom stereocenters. The molecule has 2 aromatic heterocycles. The Kier molecular flexibility index (Phi) is 2.62. The summed E-state index contributed by atoms with van der Waals surface area (Å²) < 4.78 is 10.5. The molecule has 5 heteroatoms. The lowest BCUT2D eigenvalue weighted by Crippen LogP contribution is -1.81. The highest BCUT2D eigenvalue weighted by molar-refractivity contribution is 5.59. The number of furan rings is 1. The summed E-state index contributed by atoms with van der Waals surface area (Å²) in [6, 6.07) is 10.8. The summed E-state index contributed by atoms with van der Waals surface area (Å²) in [7, 11) is 0. The number of aryl methyl sites for hydroxylation is 1. The van der Waals surface area contributed by atoms with Crippen molar-refractivity contribution in [2.75, 3.05) is 0 Å². The van der Waals surface area contributed by atoms with Crippen molar-refractivity contribution < 1.29 is 8.94 Å². The molecule has 92 valence electrons. The minimum Gasteiger partial charge on any atom is -0.461 e. The van der Waals surface area contributed by atoms with E-state index in [1.165, 1.54) is 0 Å². The predicted octanol–water partition coefficient (Wildman–Crippen LogP) is 3.18. The molecule has 0 amide bonds. The van der Waals surface area contributed by atoms with Gasteiger partial charge in [0.1, 0.15) is 0 Å². The summed E-state index contributed by atoms with van der Waals surface area (Å²) in [5, 5.41) is 12.6. The Morgan fingerprint density at radius 1 is 1.16 bits per heavy atom. The molecule has 3 rings (SSSR count). The van der Waals surface area contributed by atoms with E-state index in [0.717, 1.165) is 11.1 Å². The van der Waals surface area contributed by atoms with Gasteiger partial charge in [0.2, 0.25) is 5.82 Å². The second-order valence-electron chi connectivity index (χ2n) is 4.05. The fourth-order valence-electron chi connectivity index (χ4n) is 1.72. The zero-order chi connectivity index (χ0) is 13.2. The summed E-state index contributed by atoms with van der Waals surface area (Å²) in [4.78, 5) is 4.28. The van der Waals surface area contributed by atoms with Crippen LogP contribution in [0.5, 0.6) is 0 Å². The first kappa shape index (κ1) is 11.2. The van der Waals surface area contributed by atoms with E-state index in [0.29, 0.717) is 23.0 Å². The van der Waals surface area contributed by atoms with E-state index in [1.807, 2.05) is 13.0 Å². The molecule has 0 aliphatic heterocycles. The van der Waals surface area contributed by atoms with Crippen LogP contribution in [0.3, 0.4) is 0 Å². The van der Waals surface area contributed by atoms with Gasteiger partial charge < -0.3 is 8.94 Å². The summed E-state index contributed by atoms with van der Waals surface area (Å²) in [6.07, 6.45) is 1.59. The van der Waals surface area contributed by atoms with Gasteiger partial charge in [0.25, 0.3) is 5.89 Å². The number of benzene rings is 1. The van der Waals surface area contributed by atoms with E-state index >= 15 is 0 Å². The lowest BCUT2D eigenvalue weighted by atomic mass is 10.1. The molecule has 0 spiro atoms. The zero-order valence-corrected chi connectivity index (χ0v) is 10.1. The van der Waals surface area contributed by atoms with Crippen LogP contribution < -0.4 is 0 Å². The molecule has 0 bridgehead atoms. The lowest BCUT2D eigenvalue weighted by molar-refractivity contribution is 0.429. The van der Waals surface area contributed by atoms with Crippen LogP contribution in [0.4, 0.5) is 0 Å². The molecular weight excluding hydrogens is 242 g/mol. The van der Waals surface area contributed by atoms with Gasteiger partial charge in [-0.25, -0.2) is 0 Å². The van der Waals surface area contributed by atoms with E-state index in [1.54, 1.807) is 30.5 Å². The average molecular weight is 251 g/mol. The Hall–Kier alpha value is -2.87. The Labute approximate surface area is 109 Å². The summed E-state index contributed by atoms with van der Waals surface area (Å²) in [5.74, 6) is 1.42. The Morgan fingerprint density at radius 2 is 1.95 bits per heavy atom. The van der Waals surface area contributed by atoms with Crippen LogP contribution in [-0.2, 0) is 0 Å². The summed E-state index contributed by atoms with van der Waals surface area (Å²) in [6.45, 7) is 1.91. The quantitative estimate of drug-likeness (QED) is 0.699. The Morgan fingerprint density at radius 3 is 2.58 bits per heavy atom. The first-order valence-corrected chi connectivity index (χ1v) is 5.66. The van der Waals surface area contributed by atoms with E-state index in [4.69, 9.17) is 14.2 Å². The topological polar surface area (TPSA) is 75.8 Å². The highest BCUT2D eigenvalue weighted by Crippen LogP contribution is 2.25. The van der Waals surface area contributed by atoms with Crippen molar-refractivity contribution in [3.8, 4) is 29.1 Å². The van der Waals surface area contributed by atoms with Crippen molar-refractivity contribution in [2.24, 2.45) is 0 Å². The molecule has 0 saturated heterocycles. The molecule has 0 aliphatic rings. The minimum atomic E-state index is 0.398. The summed E-state index contributed by atoms with van der Waals surface area (Å²) in [5.41, 5.74) is 2.31. The van der Waals surface area contributed by atoms with Crippen LogP contribution in [0.15, 0.2) is 45.5 Å². The normalized spacial score (nSPS) is 10.3. The van der Waals surface area contributed by atoms with Crippen LogP contribution >= 0.6 is 0 Å². The molecule has 0 N–H and O–H groups in total. The third kappa shape index (κ3) is 2.00. The molecule has 19 heavy (non-hydrogen) atoms. The van der Waals surface area contributed by atoms with Gasteiger partial charge in [0.15, 0.2) is 5.76 Å². The zero-order valence-electron chi connectivity index (χ0n) is 10.1. The molecule has 5 nitrogen and oxygen atoms in total. The van der Waals surface area contributed by atoms with Gasteiger partial charge in [-0.3, -0.25) is 0 Å². The average Bonchev–Trinajstić information content (AvgIpc) is 3.07. The van der Waals surface area contributed by atoms with Crippen molar-refractivity contribution in [1.82, 2.24) is 10.1 Å². The number of hydrogen-bond acceptors (Lipinski definition) is 5. The van der Waals surface area contributed by atoms with E-state index in [2.05, 4.69) is 16.2 Å². The maximum Gasteiger partial charge on any atom is 0.258 e. The van der Waals surface area contributed by atoms with Crippen LogP contribution in [-0.4, -0.2) is 10.1 Å². The molecule has 3 aromatic rings. The molecule has 0 unspecified atom stereocenters. The molecular formula is C14H9N3O2. The molecule has 2 heterocycles. The summed E-state index contributed by atoms with van der Waals surface area (Å²) >= 11 is 0. The highest BCUT2D eigenvalue weighted by Gasteiger charge is 2.14. The van der Waals surface area contributed by atoms with Gasteiger partial charge >= 0.3 is 0 Å². The molecule has 0 radical (unpaired) electrons. The van der Waals surface area contributed by atoms with Gasteiger partial charge in [-0.05, 0) is 42.8 Å². The largest absolute Gasteiger partial charge is 0.461 e. The standard InChI is InChI=1S/C14H9N3O2/c1-9-6-7-18-12(9)13-16-14(19-17-13)11-4-2-10(8-15)3-5-11/h2-7H,1H3. The van der Waals surface area contributed by atoms with Gasteiger partial charge in [0, 0.05) is 5.56 Å². The van der Waals surface area contributed by atoms with Crippen molar-refractivity contribution in [3.05, 3.63) is 47.7 Å².